The van der Waals surface area contributed by atoms with Gasteiger partial charge in [-0.05, 0) is 25.1 Å². The van der Waals surface area contributed by atoms with Crippen LogP contribution in [0.4, 0.5) is 11.5 Å². The summed E-state index contributed by atoms with van der Waals surface area (Å²) in [4.78, 5) is 20.3. The highest BCUT2D eigenvalue weighted by Crippen LogP contribution is 2.29. The third-order valence-corrected chi connectivity index (χ3v) is 4.26. The van der Waals surface area contributed by atoms with Gasteiger partial charge in [-0.2, -0.15) is 0 Å². The second kappa shape index (κ2) is 7.09. The Morgan fingerprint density at radius 1 is 1.04 bits per heavy atom. The topological polar surface area (TPSA) is 75.1 Å². The van der Waals surface area contributed by atoms with E-state index in [0.717, 1.165) is 5.56 Å². The van der Waals surface area contributed by atoms with Crippen LogP contribution in [0.1, 0.15) is 16.1 Å². The quantitative estimate of drug-likeness (QED) is 0.657. The van der Waals surface area contributed by atoms with Crippen LogP contribution in [0, 0.1) is 6.92 Å². The zero-order valence-electron chi connectivity index (χ0n) is 13.1. The molecule has 126 valence electrons. The number of rotatable bonds is 4. The minimum Gasteiger partial charge on any atom is -0.477 e. The van der Waals surface area contributed by atoms with Crippen LogP contribution in [0.25, 0.3) is 11.4 Å². The lowest BCUT2D eigenvalue weighted by Crippen LogP contribution is -2.10. The Kier molecular flexibility index (Phi) is 4.88. The fourth-order valence-corrected chi connectivity index (χ4v) is 2.64. The van der Waals surface area contributed by atoms with Gasteiger partial charge in [-0.25, -0.2) is 14.8 Å². The van der Waals surface area contributed by atoms with E-state index in [9.17, 15) is 9.90 Å². The van der Waals surface area contributed by atoms with E-state index in [2.05, 4.69) is 15.3 Å². The zero-order valence-corrected chi connectivity index (χ0v) is 14.6. The number of nitrogens with one attached hydrogen (secondary N) is 1. The standard InChI is InChI=1S/C18H13Cl2N3O2/c1-10-15(18(24)25)17(22-12-7-8-13(19)14(20)9-12)23-16(21-10)11-5-3-2-4-6-11/h2-9H,1H3,(H,24,25)(H,21,22,23). The summed E-state index contributed by atoms with van der Waals surface area (Å²) in [6.45, 7) is 1.64. The molecule has 0 radical (unpaired) electrons. The molecule has 0 bridgehead atoms. The van der Waals surface area contributed by atoms with E-state index >= 15 is 0 Å². The predicted octanol–water partition coefficient (Wildman–Crippen LogP) is 5.20. The third kappa shape index (κ3) is 3.73. The van der Waals surface area contributed by atoms with Gasteiger partial charge in [0.2, 0.25) is 0 Å². The number of nitrogens with zero attached hydrogens (tertiary/aromatic N) is 2. The number of aryl methyl sites for hydroxylation is 1. The first kappa shape index (κ1) is 17.2. The van der Waals surface area contributed by atoms with Crippen molar-refractivity contribution in [3.8, 4) is 11.4 Å². The first-order chi connectivity index (χ1) is 12.0. The van der Waals surface area contributed by atoms with E-state index in [0.29, 0.717) is 27.3 Å². The van der Waals surface area contributed by atoms with Crippen LogP contribution < -0.4 is 5.32 Å². The number of aromatic nitrogens is 2. The van der Waals surface area contributed by atoms with Crippen LogP contribution in [0.5, 0.6) is 0 Å². The van der Waals surface area contributed by atoms with Gasteiger partial charge in [-0.1, -0.05) is 53.5 Å². The fourth-order valence-electron chi connectivity index (χ4n) is 2.35. The SMILES string of the molecule is Cc1nc(-c2ccccc2)nc(Nc2ccc(Cl)c(Cl)c2)c1C(=O)O. The van der Waals surface area contributed by atoms with Crippen LogP contribution >= 0.6 is 23.2 Å². The average molecular weight is 374 g/mol. The molecule has 0 fully saturated rings. The molecule has 0 saturated heterocycles. The summed E-state index contributed by atoms with van der Waals surface area (Å²) in [7, 11) is 0. The van der Waals surface area contributed by atoms with Crippen LogP contribution in [0.3, 0.4) is 0 Å². The normalized spacial score (nSPS) is 10.5. The molecule has 2 aromatic carbocycles. The lowest BCUT2D eigenvalue weighted by molar-refractivity contribution is 0.0696. The van der Waals surface area contributed by atoms with Crippen LogP contribution in [-0.2, 0) is 0 Å². The number of carboxylic acids is 1. The van der Waals surface area contributed by atoms with Gasteiger partial charge in [0, 0.05) is 11.3 Å². The molecule has 0 unspecified atom stereocenters. The van der Waals surface area contributed by atoms with Gasteiger partial charge in [0.25, 0.3) is 0 Å². The molecule has 25 heavy (non-hydrogen) atoms. The summed E-state index contributed by atoms with van der Waals surface area (Å²) < 4.78 is 0. The minimum atomic E-state index is -1.11. The van der Waals surface area contributed by atoms with Crippen molar-refractivity contribution < 1.29 is 9.90 Å². The van der Waals surface area contributed by atoms with Gasteiger partial charge < -0.3 is 10.4 Å². The molecule has 2 N–H and O–H groups in total. The van der Waals surface area contributed by atoms with Gasteiger partial charge in [0.05, 0.1) is 15.7 Å². The molecule has 0 spiro atoms. The van der Waals surface area contributed by atoms with Gasteiger partial charge in [0.1, 0.15) is 11.4 Å². The molecule has 1 aromatic heterocycles. The Balaban J connectivity index is 2.10. The van der Waals surface area contributed by atoms with Crippen LogP contribution in [0.2, 0.25) is 10.0 Å². The molecule has 0 saturated carbocycles. The number of hydrogen-bond acceptors (Lipinski definition) is 4. The van der Waals surface area contributed by atoms with Crippen molar-refractivity contribution >= 4 is 40.7 Å². The molecular formula is C18H13Cl2N3O2. The van der Waals surface area contributed by atoms with Crippen molar-refractivity contribution in [2.45, 2.75) is 6.92 Å². The summed E-state index contributed by atoms with van der Waals surface area (Å²) in [5.41, 5.74) is 1.74. The van der Waals surface area contributed by atoms with Crippen LogP contribution in [-0.4, -0.2) is 21.0 Å². The van der Waals surface area contributed by atoms with E-state index in [1.165, 1.54) is 0 Å². The summed E-state index contributed by atoms with van der Waals surface area (Å²) in [5.74, 6) is -0.484. The predicted molar refractivity (Wildman–Crippen MR) is 98.9 cm³/mol. The highest BCUT2D eigenvalue weighted by molar-refractivity contribution is 6.42. The molecule has 7 heteroatoms. The number of carbonyl (C=O) groups is 1. The first-order valence-electron chi connectivity index (χ1n) is 7.35. The summed E-state index contributed by atoms with van der Waals surface area (Å²) in [5, 5.41) is 13.3. The van der Waals surface area contributed by atoms with Crippen molar-refractivity contribution in [1.82, 2.24) is 9.97 Å². The van der Waals surface area contributed by atoms with E-state index < -0.39 is 5.97 Å². The molecule has 0 aliphatic rings. The Morgan fingerprint density at radius 3 is 2.40 bits per heavy atom. The second-order valence-corrected chi connectivity index (χ2v) is 6.10. The molecule has 1 heterocycles. The first-order valence-corrected chi connectivity index (χ1v) is 8.10. The maximum Gasteiger partial charge on any atom is 0.341 e. The highest BCUT2D eigenvalue weighted by Gasteiger charge is 2.19. The Bertz CT molecular complexity index is 947. The molecule has 0 atom stereocenters. The smallest absolute Gasteiger partial charge is 0.341 e. The average Bonchev–Trinajstić information content (AvgIpc) is 2.58. The summed E-state index contributed by atoms with van der Waals surface area (Å²) in [6.07, 6.45) is 0. The molecular weight excluding hydrogens is 361 g/mol. The van der Waals surface area contributed by atoms with Gasteiger partial charge >= 0.3 is 5.97 Å². The largest absolute Gasteiger partial charge is 0.477 e. The van der Waals surface area contributed by atoms with E-state index in [1.807, 2.05) is 30.3 Å². The van der Waals surface area contributed by atoms with Crippen molar-refractivity contribution in [3.63, 3.8) is 0 Å². The molecule has 0 amide bonds. The van der Waals surface area contributed by atoms with Gasteiger partial charge in [-0.15, -0.1) is 0 Å². The maximum absolute atomic E-state index is 11.6. The Hall–Kier alpha value is -2.63. The van der Waals surface area contributed by atoms with E-state index in [4.69, 9.17) is 23.2 Å². The number of aromatic carboxylic acids is 1. The third-order valence-electron chi connectivity index (χ3n) is 3.52. The Morgan fingerprint density at radius 2 is 1.76 bits per heavy atom. The van der Waals surface area contributed by atoms with E-state index in [1.54, 1.807) is 25.1 Å². The van der Waals surface area contributed by atoms with Crippen molar-refractivity contribution in [1.29, 1.82) is 0 Å². The summed E-state index contributed by atoms with van der Waals surface area (Å²) >= 11 is 11.9. The lowest BCUT2D eigenvalue weighted by atomic mass is 10.1. The molecule has 0 aliphatic carbocycles. The van der Waals surface area contributed by atoms with Crippen molar-refractivity contribution in [2.75, 3.05) is 5.32 Å². The number of halogens is 2. The maximum atomic E-state index is 11.6. The number of benzene rings is 2. The molecule has 0 aliphatic heterocycles. The van der Waals surface area contributed by atoms with Crippen LogP contribution in [0.15, 0.2) is 48.5 Å². The Labute approximate surface area is 154 Å². The molecule has 3 aromatic rings. The molecule has 3 rings (SSSR count). The molecule has 5 nitrogen and oxygen atoms in total. The monoisotopic (exact) mass is 373 g/mol. The summed E-state index contributed by atoms with van der Waals surface area (Å²) in [6, 6.07) is 14.3. The minimum absolute atomic E-state index is 0.00533. The van der Waals surface area contributed by atoms with E-state index in [-0.39, 0.29) is 11.4 Å². The van der Waals surface area contributed by atoms with Gasteiger partial charge in [-0.3, -0.25) is 0 Å². The van der Waals surface area contributed by atoms with Crippen molar-refractivity contribution in [3.05, 3.63) is 69.8 Å². The number of carboxylic acid groups (broad SMARTS) is 1. The number of hydrogen-bond donors (Lipinski definition) is 2. The lowest BCUT2D eigenvalue weighted by Gasteiger charge is -2.13. The van der Waals surface area contributed by atoms with Crippen molar-refractivity contribution in [2.24, 2.45) is 0 Å². The zero-order chi connectivity index (χ0) is 18.0. The number of anilines is 2. The second-order valence-electron chi connectivity index (χ2n) is 5.28. The highest BCUT2D eigenvalue weighted by atomic mass is 35.5. The van der Waals surface area contributed by atoms with Gasteiger partial charge in [0.15, 0.2) is 5.82 Å². The fraction of sp³-hybridized carbons (Fsp3) is 0.0556.